The normalized spacial score (nSPS) is 21.9. The first-order valence-corrected chi connectivity index (χ1v) is 8.55. The van der Waals surface area contributed by atoms with E-state index in [9.17, 15) is 22.7 Å². The Bertz CT molecular complexity index is 723. The third kappa shape index (κ3) is 4.05. The highest BCUT2D eigenvalue weighted by Crippen LogP contribution is 2.25. The number of aliphatic hydroxyl groups is 1. The molecule has 1 saturated heterocycles. The molecule has 2 rings (SSSR count). The van der Waals surface area contributed by atoms with E-state index in [1.165, 1.54) is 4.90 Å². The first-order valence-electron chi connectivity index (χ1n) is 7.01. The lowest BCUT2D eigenvalue weighted by atomic mass is 10.0. The summed E-state index contributed by atoms with van der Waals surface area (Å²) >= 11 is 0. The second kappa shape index (κ2) is 6.16. The Labute approximate surface area is 134 Å². The van der Waals surface area contributed by atoms with Crippen molar-refractivity contribution in [3.8, 4) is 0 Å². The van der Waals surface area contributed by atoms with E-state index in [0.717, 1.165) is 18.2 Å². The van der Waals surface area contributed by atoms with Gasteiger partial charge < -0.3 is 14.9 Å². The van der Waals surface area contributed by atoms with E-state index in [0.29, 0.717) is 13.0 Å². The largest absolute Gasteiger partial charge is 0.387 e. The van der Waals surface area contributed by atoms with Gasteiger partial charge in [-0.3, -0.25) is 4.79 Å². The van der Waals surface area contributed by atoms with Crippen LogP contribution in [0.15, 0.2) is 23.1 Å². The van der Waals surface area contributed by atoms with E-state index in [-0.39, 0.29) is 23.5 Å². The van der Waals surface area contributed by atoms with Gasteiger partial charge in [0, 0.05) is 13.1 Å². The molecular weight excluding hydrogens is 325 g/mol. The average molecular weight is 345 g/mol. The minimum atomic E-state index is -4.03. The lowest BCUT2D eigenvalue weighted by Gasteiger charge is -2.26. The van der Waals surface area contributed by atoms with Gasteiger partial charge in [0.2, 0.25) is 10.0 Å². The zero-order chi connectivity index (χ0) is 17.4. The number of primary sulfonamides is 1. The molecule has 0 spiro atoms. The maximum atomic E-state index is 13.9. The van der Waals surface area contributed by atoms with Gasteiger partial charge in [-0.15, -0.1) is 0 Å². The molecule has 0 saturated carbocycles. The van der Waals surface area contributed by atoms with Gasteiger partial charge in [-0.05, 0) is 38.7 Å². The maximum Gasteiger partial charge on any atom is 0.256 e. The Morgan fingerprint density at radius 1 is 1.48 bits per heavy atom. The quantitative estimate of drug-likeness (QED) is 0.774. The monoisotopic (exact) mass is 345 g/mol. The summed E-state index contributed by atoms with van der Waals surface area (Å²) in [7, 11) is -0.425. The molecular formula is C14H20FN3O4S. The first kappa shape index (κ1) is 17.8. The van der Waals surface area contributed by atoms with E-state index < -0.39 is 27.3 Å². The van der Waals surface area contributed by atoms with E-state index in [2.05, 4.69) is 0 Å². The minimum Gasteiger partial charge on any atom is -0.387 e. The van der Waals surface area contributed by atoms with Crippen LogP contribution in [0, 0.1) is 5.82 Å². The molecule has 0 radical (unpaired) electrons. The summed E-state index contributed by atoms with van der Waals surface area (Å²) in [4.78, 5) is 15.2. The van der Waals surface area contributed by atoms with Crippen molar-refractivity contribution in [2.75, 3.05) is 33.7 Å². The number of nitrogens with zero attached hydrogens (tertiary/aromatic N) is 2. The molecule has 1 atom stereocenters. The van der Waals surface area contributed by atoms with Crippen molar-refractivity contribution in [3.63, 3.8) is 0 Å². The number of β-amino-alcohol motifs (C(OH)–C–C–N with tert-alkyl or cyclic N) is 1. The number of rotatable bonds is 4. The van der Waals surface area contributed by atoms with Crippen LogP contribution in [-0.2, 0) is 10.0 Å². The van der Waals surface area contributed by atoms with Gasteiger partial charge in [-0.2, -0.15) is 0 Å². The number of halogens is 1. The standard InChI is InChI=1S/C14H20FN3O4S/c1-17(2)8-14(20)5-6-18(9-14)13(19)11-7-10(23(16,21)22)3-4-12(11)15/h3-4,7,20H,5-6,8-9H2,1-2H3,(H2,16,21,22). The number of likely N-dealkylation sites (N-methyl/N-ethyl adjacent to an activating group) is 1. The predicted molar refractivity (Wildman–Crippen MR) is 81.8 cm³/mol. The van der Waals surface area contributed by atoms with Gasteiger partial charge in [-0.25, -0.2) is 17.9 Å². The van der Waals surface area contributed by atoms with Crippen LogP contribution in [0.2, 0.25) is 0 Å². The molecule has 1 aromatic carbocycles. The Morgan fingerprint density at radius 3 is 2.70 bits per heavy atom. The van der Waals surface area contributed by atoms with Crippen LogP contribution < -0.4 is 5.14 Å². The van der Waals surface area contributed by atoms with Crippen LogP contribution in [0.5, 0.6) is 0 Å². The fraction of sp³-hybridized carbons (Fsp3) is 0.500. The smallest absolute Gasteiger partial charge is 0.256 e. The van der Waals surface area contributed by atoms with Gasteiger partial charge in [0.1, 0.15) is 5.82 Å². The number of hydrogen-bond acceptors (Lipinski definition) is 5. The summed E-state index contributed by atoms with van der Waals surface area (Å²) in [5.41, 5.74) is -1.43. The summed E-state index contributed by atoms with van der Waals surface area (Å²) in [6.45, 7) is 0.696. The molecule has 1 fully saturated rings. The number of carbonyl (C=O) groups is 1. The molecule has 1 aliphatic rings. The van der Waals surface area contributed by atoms with Crippen molar-refractivity contribution in [2.45, 2.75) is 16.9 Å². The number of likely N-dealkylation sites (tertiary alicyclic amines) is 1. The number of benzene rings is 1. The van der Waals surface area contributed by atoms with Crippen molar-refractivity contribution >= 4 is 15.9 Å². The van der Waals surface area contributed by atoms with Crippen molar-refractivity contribution in [1.82, 2.24) is 9.80 Å². The second-order valence-corrected chi connectivity index (χ2v) is 7.69. The Hall–Kier alpha value is -1.55. The second-order valence-electron chi connectivity index (χ2n) is 6.13. The highest BCUT2D eigenvalue weighted by Gasteiger charge is 2.39. The molecule has 3 N–H and O–H groups in total. The fourth-order valence-corrected chi connectivity index (χ4v) is 3.30. The third-order valence-corrected chi connectivity index (χ3v) is 4.64. The van der Waals surface area contributed by atoms with Crippen molar-refractivity contribution in [3.05, 3.63) is 29.6 Å². The predicted octanol–water partition coefficient (Wildman–Crippen LogP) is -0.388. The molecule has 0 aromatic heterocycles. The molecule has 0 aliphatic carbocycles. The molecule has 1 amide bonds. The van der Waals surface area contributed by atoms with Gasteiger partial charge >= 0.3 is 0 Å². The Kier molecular flexibility index (Phi) is 4.76. The number of sulfonamides is 1. The van der Waals surface area contributed by atoms with Gasteiger partial charge in [0.05, 0.1) is 22.6 Å². The Morgan fingerprint density at radius 2 is 2.13 bits per heavy atom. The highest BCUT2D eigenvalue weighted by molar-refractivity contribution is 7.89. The number of hydrogen-bond donors (Lipinski definition) is 2. The molecule has 128 valence electrons. The zero-order valence-electron chi connectivity index (χ0n) is 13.0. The SMILES string of the molecule is CN(C)CC1(O)CCN(C(=O)c2cc(S(N)(=O)=O)ccc2F)C1. The minimum absolute atomic E-state index is 0.0586. The van der Waals surface area contributed by atoms with E-state index in [4.69, 9.17) is 5.14 Å². The fourth-order valence-electron chi connectivity index (χ4n) is 2.76. The number of amides is 1. The zero-order valence-corrected chi connectivity index (χ0v) is 13.8. The number of carbonyl (C=O) groups excluding carboxylic acids is 1. The summed E-state index contributed by atoms with van der Waals surface area (Å²) in [5, 5.41) is 15.4. The van der Waals surface area contributed by atoms with Crippen molar-refractivity contribution in [2.24, 2.45) is 5.14 Å². The van der Waals surface area contributed by atoms with Gasteiger partial charge in [0.25, 0.3) is 5.91 Å². The van der Waals surface area contributed by atoms with E-state index in [1.807, 2.05) is 0 Å². The van der Waals surface area contributed by atoms with E-state index in [1.54, 1.807) is 19.0 Å². The lowest BCUT2D eigenvalue weighted by Crippen LogP contribution is -2.43. The maximum absolute atomic E-state index is 13.9. The summed E-state index contributed by atoms with van der Waals surface area (Å²) in [6, 6.07) is 2.83. The lowest BCUT2D eigenvalue weighted by molar-refractivity contribution is 0.0235. The molecule has 1 aromatic rings. The number of nitrogens with two attached hydrogens (primary N) is 1. The first-order chi connectivity index (χ1) is 10.5. The molecule has 23 heavy (non-hydrogen) atoms. The average Bonchev–Trinajstić information content (AvgIpc) is 2.78. The highest BCUT2D eigenvalue weighted by atomic mass is 32.2. The van der Waals surface area contributed by atoms with Crippen LogP contribution in [-0.4, -0.2) is 68.6 Å². The molecule has 0 bridgehead atoms. The van der Waals surface area contributed by atoms with Crippen LogP contribution in [0.3, 0.4) is 0 Å². The molecule has 1 aliphatic heterocycles. The third-order valence-electron chi connectivity index (χ3n) is 3.73. The van der Waals surface area contributed by atoms with Crippen LogP contribution in [0.1, 0.15) is 16.8 Å². The Balaban J connectivity index is 2.25. The molecule has 1 heterocycles. The summed E-state index contributed by atoms with van der Waals surface area (Å²) in [6.07, 6.45) is 0.368. The topological polar surface area (TPSA) is 104 Å². The van der Waals surface area contributed by atoms with Gasteiger partial charge in [-0.1, -0.05) is 0 Å². The van der Waals surface area contributed by atoms with Crippen LogP contribution in [0.25, 0.3) is 0 Å². The summed E-state index contributed by atoms with van der Waals surface area (Å²) in [5.74, 6) is -1.49. The van der Waals surface area contributed by atoms with E-state index >= 15 is 0 Å². The summed E-state index contributed by atoms with van der Waals surface area (Å²) < 4.78 is 36.6. The van der Waals surface area contributed by atoms with Crippen molar-refractivity contribution in [1.29, 1.82) is 0 Å². The van der Waals surface area contributed by atoms with Crippen LogP contribution in [0.4, 0.5) is 4.39 Å². The van der Waals surface area contributed by atoms with Crippen LogP contribution >= 0.6 is 0 Å². The van der Waals surface area contributed by atoms with Crippen molar-refractivity contribution < 1.29 is 22.7 Å². The molecule has 9 heteroatoms. The molecule has 1 unspecified atom stereocenters. The van der Waals surface area contributed by atoms with Gasteiger partial charge in [0.15, 0.2) is 0 Å². The molecule has 7 nitrogen and oxygen atoms in total.